The van der Waals surface area contributed by atoms with Crippen LogP contribution in [0.25, 0.3) is 0 Å². The number of benzene rings is 1. The topological polar surface area (TPSA) is 44.8 Å². The van der Waals surface area contributed by atoms with Crippen LogP contribution in [0.3, 0.4) is 0 Å². The van der Waals surface area contributed by atoms with Crippen LogP contribution < -0.4 is 9.47 Å². The molecule has 0 aromatic heterocycles. The first-order valence-electron chi connectivity index (χ1n) is 6.74. The zero-order valence-electron chi connectivity index (χ0n) is 12.8. The van der Waals surface area contributed by atoms with Gasteiger partial charge in [0, 0.05) is 19.6 Å². The molecule has 0 bridgehead atoms. The van der Waals surface area contributed by atoms with Crippen molar-refractivity contribution >= 4 is 5.78 Å². The highest BCUT2D eigenvalue weighted by Crippen LogP contribution is 2.39. The number of Topliss-reactive ketones (excluding diaryl/α,β-unsaturated/α-hetero) is 1. The van der Waals surface area contributed by atoms with Crippen molar-refractivity contribution in [1.29, 1.82) is 0 Å². The molecule has 1 aromatic rings. The number of fused-ring (bicyclic) bond motifs is 1. The standard InChI is InChI=1S/C16H22O4/c1-15(2,19-5)10-16(3)9-13(17)12-7-6-11(18-4)8-14(12)20-16/h6-8H,9-10H2,1-5H3. The second kappa shape index (κ2) is 5.09. The van der Waals surface area contributed by atoms with Crippen molar-refractivity contribution in [1.82, 2.24) is 0 Å². The van der Waals surface area contributed by atoms with Crippen LogP contribution in [0.1, 0.15) is 44.0 Å². The first kappa shape index (κ1) is 14.9. The zero-order valence-corrected chi connectivity index (χ0v) is 12.8. The first-order chi connectivity index (χ1) is 9.28. The highest BCUT2D eigenvalue weighted by molar-refractivity contribution is 6.00. The average Bonchev–Trinajstić information content (AvgIpc) is 2.36. The number of ketones is 1. The van der Waals surface area contributed by atoms with Gasteiger partial charge < -0.3 is 14.2 Å². The lowest BCUT2D eigenvalue weighted by molar-refractivity contribution is -0.0501. The molecule has 1 heterocycles. The summed E-state index contributed by atoms with van der Waals surface area (Å²) < 4.78 is 16.7. The number of hydrogen-bond donors (Lipinski definition) is 0. The molecule has 0 fully saturated rings. The van der Waals surface area contributed by atoms with Crippen LogP contribution in [0.4, 0.5) is 0 Å². The summed E-state index contributed by atoms with van der Waals surface area (Å²) in [5.41, 5.74) is -0.278. The Balaban J connectivity index is 2.31. The SMILES string of the molecule is COc1ccc2c(c1)OC(C)(CC(C)(C)OC)CC2=O. The van der Waals surface area contributed by atoms with Gasteiger partial charge in [0.1, 0.15) is 17.1 Å². The van der Waals surface area contributed by atoms with E-state index in [1.54, 1.807) is 32.4 Å². The number of ether oxygens (including phenoxy) is 3. The molecule has 0 aliphatic carbocycles. The number of carbonyl (C=O) groups is 1. The summed E-state index contributed by atoms with van der Waals surface area (Å²) in [6, 6.07) is 5.31. The van der Waals surface area contributed by atoms with Crippen LogP contribution in [-0.4, -0.2) is 31.2 Å². The minimum atomic E-state index is -0.560. The Morgan fingerprint density at radius 1 is 1.35 bits per heavy atom. The van der Waals surface area contributed by atoms with Crippen molar-refractivity contribution in [2.45, 2.75) is 44.8 Å². The van der Waals surface area contributed by atoms with Crippen LogP contribution in [0.2, 0.25) is 0 Å². The summed E-state index contributed by atoms with van der Waals surface area (Å²) in [4.78, 5) is 12.3. The molecule has 1 aliphatic rings. The Kier molecular flexibility index (Phi) is 3.78. The summed E-state index contributed by atoms with van der Waals surface area (Å²) in [5.74, 6) is 1.38. The van der Waals surface area contributed by atoms with Gasteiger partial charge in [-0.2, -0.15) is 0 Å². The molecule has 0 saturated carbocycles. The summed E-state index contributed by atoms with van der Waals surface area (Å²) in [6.07, 6.45) is 0.998. The van der Waals surface area contributed by atoms with Gasteiger partial charge >= 0.3 is 0 Å². The van der Waals surface area contributed by atoms with E-state index >= 15 is 0 Å². The lowest BCUT2D eigenvalue weighted by Crippen LogP contribution is -2.45. The van der Waals surface area contributed by atoms with Crippen molar-refractivity contribution < 1.29 is 19.0 Å². The molecule has 1 atom stereocenters. The van der Waals surface area contributed by atoms with E-state index < -0.39 is 5.60 Å². The molecule has 0 N–H and O–H groups in total. The van der Waals surface area contributed by atoms with E-state index in [0.717, 1.165) is 0 Å². The predicted octanol–water partition coefficient (Wildman–Crippen LogP) is 3.23. The summed E-state index contributed by atoms with van der Waals surface area (Å²) in [7, 11) is 3.27. The summed E-state index contributed by atoms with van der Waals surface area (Å²) in [5, 5.41) is 0. The van der Waals surface area contributed by atoms with E-state index in [4.69, 9.17) is 14.2 Å². The van der Waals surface area contributed by atoms with E-state index in [1.807, 2.05) is 20.8 Å². The monoisotopic (exact) mass is 278 g/mol. The lowest BCUT2D eigenvalue weighted by Gasteiger charge is -2.39. The van der Waals surface area contributed by atoms with E-state index in [2.05, 4.69) is 0 Å². The maximum Gasteiger partial charge on any atom is 0.170 e. The number of carbonyl (C=O) groups excluding carboxylic acids is 1. The molecule has 1 aromatic carbocycles. The third-order valence-electron chi connectivity index (χ3n) is 3.73. The van der Waals surface area contributed by atoms with Crippen LogP contribution in [0.5, 0.6) is 11.5 Å². The molecule has 4 heteroatoms. The largest absolute Gasteiger partial charge is 0.497 e. The third kappa shape index (κ3) is 2.96. The smallest absolute Gasteiger partial charge is 0.170 e. The van der Waals surface area contributed by atoms with E-state index in [9.17, 15) is 4.79 Å². The van der Waals surface area contributed by atoms with Gasteiger partial charge in [-0.15, -0.1) is 0 Å². The van der Waals surface area contributed by atoms with Crippen LogP contribution in [0.15, 0.2) is 18.2 Å². The van der Waals surface area contributed by atoms with Gasteiger partial charge in [0.25, 0.3) is 0 Å². The maximum absolute atomic E-state index is 12.3. The van der Waals surface area contributed by atoms with Gasteiger partial charge in [0.2, 0.25) is 0 Å². The fourth-order valence-corrected chi connectivity index (χ4v) is 2.75. The minimum absolute atomic E-state index is 0.100. The first-order valence-corrected chi connectivity index (χ1v) is 6.74. The van der Waals surface area contributed by atoms with Gasteiger partial charge in [0.15, 0.2) is 5.78 Å². The molecule has 1 unspecified atom stereocenters. The van der Waals surface area contributed by atoms with Crippen molar-refractivity contribution in [3.05, 3.63) is 23.8 Å². The predicted molar refractivity (Wildman–Crippen MR) is 76.7 cm³/mol. The Morgan fingerprint density at radius 2 is 2.05 bits per heavy atom. The fourth-order valence-electron chi connectivity index (χ4n) is 2.75. The Hall–Kier alpha value is -1.55. The molecule has 110 valence electrons. The van der Waals surface area contributed by atoms with Crippen LogP contribution in [0, 0.1) is 0 Å². The molecule has 4 nitrogen and oxygen atoms in total. The van der Waals surface area contributed by atoms with Crippen LogP contribution in [-0.2, 0) is 4.74 Å². The highest BCUT2D eigenvalue weighted by Gasteiger charge is 2.40. The van der Waals surface area contributed by atoms with Gasteiger partial charge in [-0.3, -0.25) is 4.79 Å². The number of rotatable bonds is 4. The second-order valence-corrected chi connectivity index (χ2v) is 6.15. The van der Waals surface area contributed by atoms with Crippen molar-refractivity contribution in [2.24, 2.45) is 0 Å². The average molecular weight is 278 g/mol. The van der Waals surface area contributed by atoms with E-state index in [1.165, 1.54) is 0 Å². The maximum atomic E-state index is 12.3. The number of hydrogen-bond acceptors (Lipinski definition) is 4. The molecule has 2 rings (SSSR count). The van der Waals surface area contributed by atoms with Crippen molar-refractivity contribution in [3.63, 3.8) is 0 Å². The molecule has 1 aliphatic heterocycles. The zero-order chi connectivity index (χ0) is 15.0. The van der Waals surface area contributed by atoms with Gasteiger partial charge in [-0.25, -0.2) is 0 Å². The fraction of sp³-hybridized carbons (Fsp3) is 0.562. The van der Waals surface area contributed by atoms with Gasteiger partial charge in [0.05, 0.1) is 24.7 Å². The molecular weight excluding hydrogens is 256 g/mol. The molecule has 0 amide bonds. The Labute approximate surface area is 120 Å². The molecular formula is C16H22O4. The van der Waals surface area contributed by atoms with Crippen LogP contribution >= 0.6 is 0 Å². The summed E-state index contributed by atoms with van der Waals surface area (Å²) >= 11 is 0. The van der Waals surface area contributed by atoms with E-state index in [0.29, 0.717) is 29.9 Å². The van der Waals surface area contributed by atoms with Crippen molar-refractivity contribution in [2.75, 3.05) is 14.2 Å². The molecule has 20 heavy (non-hydrogen) atoms. The Morgan fingerprint density at radius 3 is 2.65 bits per heavy atom. The second-order valence-electron chi connectivity index (χ2n) is 6.15. The van der Waals surface area contributed by atoms with Crippen molar-refractivity contribution in [3.8, 4) is 11.5 Å². The lowest BCUT2D eigenvalue weighted by atomic mass is 9.83. The van der Waals surface area contributed by atoms with E-state index in [-0.39, 0.29) is 11.4 Å². The molecule has 0 spiro atoms. The van der Waals surface area contributed by atoms with Gasteiger partial charge in [-0.05, 0) is 32.9 Å². The number of methoxy groups -OCH3 is 2. The normalized spacial score (nSPS) is 22.1. The third-order valence-corrected chi connectivity index (χ3v) is 3.73. The van der Waals surface area contributed by atoms with Gasteiger partial charge in [-0.1, -0.05) is 0 Å². The minimum Gasteiger partial charge on any atom is -0.497 e. The molecule has 0 radical (unpaired) electrons. The molecule has 0 saturated heterocycles. The highest BCUT2D eigenvalue weighted by atomic mass is 16.5. The summed E-state index contributed by atoms with van der Waals surface area (Å²) in [6.45, 7) is 5.94. The quantitative estimate of drug-likeness (QED) is 0.848. The Bertz CT molecular complexity index is 521.